The summed E-state index contributed by atoms with van der Waals surface area (Å²) in [5.74, 6) is 0.163. The molecule has 32 heavy (non-hydrogen) atoms. The van der Waals surface area contributed by atoms with Crippen LogP contribution >= 0.6 is 0 Å². The SMILES string of the molecule is CC1CN(C(=O)Cc2ccc(-n3cnnn3)cc2)CCN1CCc1ccc2nonc2c1. The number of carbonyl (C=O) groups is 1. The third kappa shape index (κ3) is 4.35. The van der Waals surface area contributed by atoms with Crippen LogP contribution in [0.15, 0.2) is 53.4 Å². The molecule has 164 valence electrons. The summed E-state index contributed by atoms with van der Waals surface area (Å²) in [6, 6.07) is 14.1. The van der Waals surface area contributed by atoms with E-state index in [2.05, 4.69) is 43.7 Å². The van der Waals surface area contributed by atoms with Crippen LogP contribution in [0.2, 0.25) is 0 Å². The summed E-state index contributed by atoms with van der Waals surface area (Å²) in [4.78, 5) is 17.3. The molecule has 1 saturated heterocycles. The van der Waals surface area contributed by atoms with Gasteiger partial charge >= 0.3 is 0 Å². The first kappa shape index (κ1) is 20.3. The van der Waals surface area contributed by atoms with Crippen molar-refractivity contribution in [2.24, 2.45) is 0 Å². The third-order valence-electron chi connectivity index (χ3n) is 6.03. The summed E-state index contributed by atoms with van der Waals surface area (Å²) in [5, 5.41) is 18.9. The largest absolute Gasteiger partial charge is 0.340 e. The van der Waals surface area contributed by atoms with Crippen molar-refractivity contribution >= 4 is 16.9 Å². The zero-order valence-electron chi connectivity index (χ0n) is 17.8. The van der Waals surface area contributed by atoms with Gasteiger partial charge in [-0.15, -0.1) is 5.10 Å². The Morgan fingerprint density at radius 3 is 2.66 bits per heavy atom. The lowest BCUT2D eigenvalue weighted by atomic mass is 10.1. The molecule has 0 N–H and O–H groups in total. The molecule has 10 heteroatoms. The highest BCUT2D eigenvalue weighted by Crippen LogP contribution is 2.16. The van der Waals surface area contributed by atoms with Gasteiger partial charge in [0.25, 0.3) is 0 Å². The molecule has 2 aromatic heterocycles. The molecule has 1 atom stereocenters. The average molecular weight is 432 g/mol. The molecule has 5 rings (SSSR count). The molecule has 1 unspecified atom stereocenters. The first-order valence-corrected chi connectivity index (χ1v) is 10.7. The number of aromatic nitrogens is 6. The molecule has 0 saturated carbocycles. The van der Waals surface area contributed by atoms with Gasteiger partial charge in [-0.1, -0.05) is 18.2 Å². The number of fused-ring (bicyclic) bond motifs is 1. The highest BCUT2D eigenvalue weighted by atomic mass is 16.6. The van der Waals surface area contributed by atoms with Gasteiger partial charge < -0.3 is 4.90 Å². The Morgan fingerprint density at radius 2 is 1.88 bits per heavy atom. The van der Waals surface area contributed by atoms with Crippen molar-refractivity contribution in [2.45, 2.75) is 25.8 Å². The van der Waals surface area contributed by atoms with Crippen LogP contribution in [-0.4, -0.2) is 78.4 Å². The van der Waals surface area contributed by atoms with Crippen LogP contribution in [0, 0.1) is 0 Å². The van der Waals surface area contributed by atoms with Gasteiger partial charge in [0.2, 0.25) is 5.91 Å². The number of nitrogens with zero attached hydrogens (tertiary/aromatic N) is 8. The van der Waals surface area contributed by atoms with Crippen molar-refractivity contribution in [3.63, 3.8) is 0 Å². The molecule has 4 aromatic rings. The fraction of sp³-hybridized carbons (Fsp3) is 0.364. The number of amides is 1. The highest BCUT2D eigenvalue weighted by Gasteiger charge is 2.26. The van der Waals surface area contributed by atoms with Crippen molar-refractivity contribution in [3.05, 3.63) is 59.9 Å². The van der Waals surface area contributed by atoms with E-state index in [4.69, 9.17) is 4.63 Å². The lowest BCUT2D eigenvalue weighted by Gasteiger charge is -2.40. The summed E-state index contributed by atoms with van der Waals surface area (Å²) >= 11 is 0. The average Bonchev–Trinajstić information content (AvgIpc) is 3.50. The first-order chi connectivity index (χ1) is 15.7. The van der Waals surface area contributed by atoms with Crippen molar-refractivity contribution in [1.82, 2.24) is 40.3 Å². The fourth-order valence-electron chi connectivity index (χ4n) is 4.14. The van der Waals surface area contributed by atoms with Crippen LogP contribution < -0.4 is 0 Å². The monoisotopic (exact) mass is 432 g/mol. The number of benzene rings is 2. The highest BCUT2D eigenvalue weighted by molar-refractivity contribution is 5.79. The second kappa shape index (κ2) is 8.83. The minimum atomic E-state index is 0.163. The summed E-state index contributed by atoms with van der Waals surface area (Å²) in [5.41, 5.74) is 4.63. The molecule has 0 aliphatic carbocycles. The van der Waals surface area contributed by atoms with Gasteiger partial charge in [-0.25, -0.2) is 9.31 Å². The van der Waals surface area contributed by atoms with Crippen molar-refractivity contribution in [3.8, 4) is 5.69 Å². The van der Waals surface area contributed by atoms with Crippen LogP contribution in [0.1, 0.15) is 18.1 Å². The smallest absolute Gasteiger partial charge is 0.227 e. The summed E-state index contributed by atoms with van der Waals surface area (Å²) in [6.45, 7) is 5.49. The van der Waals surface area contributed by atoms with E-state index in [1.807, 2.05) is 41.3 Å². The molecular formula is C22H24N8O2. The molecule has 0 radical (unpaired) electrons. The van der Waals surface area contributed by atoms with Crippen LogP contribution in [0.25, 0.3) is 16.7 Å². The van der Waals surface area contributed by atoms with Crippen LogP contribution in [0.3, 0.4) is 0 Å². The van der Waals surface area contributed by atoms with E-state index >= 15 is 0 Å². The quantitative estimate of drug-likeness (QED) is 0.451. The third-order valence-corrected chi connectivity index (χ3v) is 6.03. The normalized spacial score (nSPS) is 17.2. The molecule has 3 heterocycles. The molecule has 1 aliphatic rings. The number of rotatable bonds is 6. The van der Waals surface area contributed by atoms with Gasteiger partial charge in [-0.2, -0.15) is 0 Å². The first-order valence-electron chi connectivity index (χ1n) is 10.7. The summed E-state index contributed by atoms with van der Waals surface area (Å²) in [6.07, 6.45) is 2.87. The van der Waals surface area contributed by atoms with Gasteiger partial charge in [0.15, 0.2) is 0 Å². The van der Waals surface area contributed by atoms with Crippen LogP contribution in [-0.2, 0) is 17.6 Å². The van der Waals surface area contributed by atoms with E-state index in [-0.39, 0.29) is 5.91 Å². The van der Waals surface area contributed by atoms with Gasteiger partial charge in [0.05, 0.1) is 12.1 Å². The molecular weight excluding hydrogens is 408 g/mol. The second-order valence-corrected chi connectivity index (χ2v) is 8.16. The topological polar surface area (TPSA) is 106 Å². The molecule has 1 amide bonds. The molecule has 0 spiro atoms. The summed E-state index contributed by atoms with van der Waals surface area (Å²) < 4.78 is 6.36. The number of tetrazole rings is 1. The molecule has 1 aliphatic heterocycles. The van der Waals surface area contributed by atoms with Gasteiger partial charge in [-0.3, -0.25) is 9.69 Å². The van der Waals surface area contributed by atoms with Crippen molar-refractivity contribution in [1.29, 1.82) is 0 Å². The van der Waals surface area contributed by atoms with Crippen molar-refractivity contribution in [2.75, 3.05) is 26.2 Å². The maximum Gasteiger partial charge on any atom is 0.227 e. The van der Waals surface area contributed by atoms with Gasteiger partial charge in [0, 0.05) is 32.2 Å². The van der Waals surface area contributed by atoms with E-state index < -0.39 is 0 Å². The zero-order chi connectivity index (χ0) is 21.9. The molecule has 10 nitrogen and oxygen atoms in total. The minimum Gasteiger partial charge on any atom is -0.340 e. The van der Waals surface area contributed by atoms with E-state index in [0.717, 1.165) is 54.9 Å². The van der Waals surface area contributed by atoms with Crippen molar-refractivity contribution < 1.29 is 9.42 Å². The van der Waals surface area contributed by atoms with Crippen LogP contribution in [0.5, 0.6) is 0 Å². The number of hydrogen-bond donors (Lipinski definition) is 0. The number of carbonyl (C=O) groups excluding carboxylic acids is 1. The molecule has 2 aromatic carbocycles. The Balaban J connectivity index is 1.13. The van der Waals surface area contributed by atoms with E-state index in [0.29, 0.717) is 12.5 Å². The molecule has 0 bridgehead atoms. The number of hydrogen-bond acceptors (Lipinski definition) is 8. The maximum atomic E-state index is 12.9. The summed E-state index contributed by atoms with van der Waals surface area (Å²) in [7, 11) is 0. The van der Waals surface area contributed by atoms with Gasteiger partial charge in [0.1, 0.15) is 17.4 Å². The Labute approximate surface area is 184 Å². The number of piperazine rings is 1. The van der Waals surface area contributed by atoms with Gasteiger partial charge in [-0.05, 0) is 69.5 Å². The van der Waals surface area contributed by atoms with E-state index in [1.165, 1.54) is 5.56 Å². The zero-order valence-corrected chi connectivity index (χ0v) is 17.8. The second-order valence-electron chi connectivity index (χ2n) is 8.16. The molecule has 1 fully saturated rings. The van der Waals surface area contributed by atoms with E-state index in [1.54, 1.807) is 11.0 Å². The predicted molar refractivity (Wildman–Crippen MR) is 116 cm³/mol. The predicted octanol–water partition coefficient (Wildman–Crippen LogP) is 1.52. The standard InChI is InChI=1S/C22H24N8O2/c1-16-14-29(22(31)13-17-2-5-19(6-3-17)30-15-23-26-27-30)11-10-28(16)9-8-18-4-7-20-21(12-18)25-32-24-20/h2-7,12,15-16H,8-11,13-14H2,1H3. The Bertz CT molecular complexity index is 1190. The minimum absolute atomic E-state index is 0.163. The lowest BCUT2D eigenvalue weighted by molar-refractivity contribution is -0.133. The fourth-order valence-corrected chi connectivity index (χ4v) is 4.14. The maximum absolute atomic E-state index is 12.9. The Kier molecular flexibility index (Phi) is 5.59. The Morgan fingerprint density at radius 1 is 1.06 bits per heavy atom. The van der Waals surface area contributed by atoms with Crippen LogP contribution in [0.4, 0.5) is 0 Å². The van der Waals surface area contributed by atoms with E-state index in [9.17, 15) is 4.79 Å². The lowest BCUT2D eigenvalue weighted by Crippen LogP contribution is -2.54. The Hall–Kier alpha value is -3.66.